The molecule has 23 heavy (non-hydrogen) atoms. The van der Waals surface area contributed by atoms with Crippen molar-refractivity contribution in [2.45, 2.75) is 24.8 Å². The molecule has 8 heteroatoms. The summed E-state index contributed by atoms with van der Waals surface area (Å²) in [5.74, 6) is -1.52. The van der Waals surface area contributed by atoms with Gasteiger partial charge < -0.3 is 15.2 Å². The fourth-order valence-electron chi connectivity index (χ4n) is 2.17. The van der Waals surface area contributed by atoms with Crippen LogP contribution in [-0.2, 0) is 19.4 Å². The SMILES string of the molecule is CC(C)[C@H](NC(=O)OCC1=Cc2ccccc2S1(=O)=O)C(=O)O. The smallest absolute Gasteiger partial charge is 0.408 e. The van der Waals surface area contributed by atoms with E-state index in [-0.39, 0.29) is 15.7 Å². The Kier molecular flexibility index (Phi) is 4.74. The van der Waals surface area contributed by atoms with E-state index in [2.05, 4.69) is 5.32 Å². The van der Waals surface area contributed by atoms with E-state index < -0.39 is 34.5 Å². The molecule has 0 spiro atoms. The van der Waals surface area contributed by atoms with Crippen molar-refractivity contribution in [2.75, 3.05) is 6.61 Å². The number of carboxylic acid groups (broad SMARTS) is 1. The van der Waals surface area contributed by atoms with Gasteiger partial charge in [-0.3, -0.25) is 0 Å². The van der Waals surface area contributed by atoms with E-state index in [1.165, 1.54) is 12.1 Å². The molecule has 1 amide bonds. The minimum atomic E-state index is -3.66. The summed E-state index contributed by atoms with van der Waals surface area (Å²) < 4.78 is 29.4. The van der Waals surface area contributed by atoms with Crippen LogP contribution < -0.4 is 5.32 Å². The summed E-state index contributed by atoms with van der Waals surface area (Å²) in [6, 6.07) is 5.35. The molecular formula is C15H17NO6S. The molecule has 7 nitrogen and oxygen atoms in total. The molecule has 0 bridgehead atoms. The molecule has 2 rings (SSSR count). The Balaban J connectivity index is 2.03. The van der Waals surface area contributed by atoms with E-state index in [0.29, 0.717) is 5.56 Å². The molecule has 124 valence electrons. The highest BCUT2D eigenvalue weighted by atomic mass is 32.2. The first-order chi connectivity index (χ1) is 10.7. The average molecular weight is 339 g/mol. The maximum atomic E-state index is 12.3. The predicted octanol–water partition coefficient (Wildman–Crippen LogP) is 1.65. The third-order valence-electron chi connectivity index (χ3n) is 3.42. The van der Waals surface area contributed by atoms with E-state index in [1.54, 1.807) is 32.0 Å². The monoisotopic (exact) mass is 339 g/mol. The molecule has 0 radical (unpaired) electrons. The maximum absolute atomic E-state index is 12.3. The zero-order valence-corrected chi connectivity index (χ0v) is 13.5. The van der Waals surface area contributed by atoms with Crippen molar-refractivity contribution in [3.63, 3.8) is 0 Å². The lowest BCUT2D eigenvalue weighted by Gasteiger charge is -2.17. The molecule has 0 saturated heterocycles. The normalized spacial score (nSPS) is 16.4. The summed E-state index contributed by atoms with van der Waals surface area (Å²) in [6.45, 7) is 2.83. The quantitative estimate of drug-likeness (QED) is 0.844. The van der Waals surface area contributed by atoms with Crippen molar-refractivity contribution in [3.05, 3.63) is 34.7 Å². The second-order valence-corrected chi connectivity index (χ2v) is 7.40. The number of carboxylic acids is 1. The molecule has 1 heterocycles. The lowest BCUT2D eigenvalue weighted by Crippen LogP contribution is -2.44. The van der Waals surface area contributed by atoms with E-state index in [4.69, 9.17) is 9.84 Å². The molecule has 0 aromatic heterocycles. The molecule has 0 aliphatic carbocycles. The van der Waals surface area contributed by atoms with Gasteiger partial charge in [0.25, 0.3) is 0 Å². The highest BCUT2D eigenvalue weighted by molar-refractivity contribution is 7.95. The summed E-state index contributed by atoms with van der Waals surface area (Å²) in [7, 11) is -3.66. The minimum absolute atomic E-state index is 0.0368. The Morgan fingerprint density at radius 2 is 1.91 bits per heavy atom. The van der Waals surface area contributed by atoms with E-state index >= 15 is 0 Å². The third kappa shape index (κ3) is 3.53. The van der Waals surface area contributed by atoms with Crippen molar-refractivity contribution < 1.29 is 27.9 Å². The predicted molar refractivity (Wildman–Crippen MR) is 82.4 cm³/mol. The van der Waals surface area contributed by atoms with Crippen LogP contribution in [0.2, 0.25) is 0 Å². The zero-order valence-electron chi connectivity index (χ0n) is 12.6. The molecule has 1 aromatic rings. The number of benzene rings is 1. The number of rotatable bonds is 5. The van der Waals surface area contributed by atoms with E-state index in [1.807, 2.05) is 0 Å². The van der Waals surface area contributed by atoms with Crippen LogP contribution in [0.1, 0.15) is 19.4 Å². The highest BCUT2D eigenvalue weighted by Gasteiger charge is 2.30. The highest BCUT2D eigenvalue weighted by Crippen LogP contribution is 2.32. The van der Waals surface area contributed by atoms with E-state index in [0.717, 1.165) is 0 Å². The topological polar surface area (TPSA) is 110 Å². The second-order valence-electron chi connectivity index (χ2n) is 5.43. The van der Waals surface area contributed by atoms with Crippen molar-refractivity contribution >= 4 is 28.0 Å². The molecule has 1 aliphatic rings. The Morgan fingerprint density at radius 3 is 2.48 bits per heavy atom. The molecule has 0 unspecified atom stereocenters. The Morgan fingerprint density at radius 1 is 1.26 bits per heavy atom. The van der Waals surface area contributed by atoms with Gasteiger partial charge in [-0.25, -0.2) is 18.0 Å². The molecule has 2 N–H and O–H groups in total. The van der Waals surface area contributed by atoms with Crippen LogP contribution in [-0.4, -0.2) is 38.2 Å². The molecule has 1 aliphatic heterocycles. The van der Waals surface area contributed by atoms with Crippen LogP contribution in [0.5, 0.6) is 0 Å². The van der Waals surface area contributed by atoms with Crippen LogP contribution in [0.15, 0.2) is 34.1 Å². The summed E-state index contributed by atoms with van der Waals surface area (Å²) >= 11 is 0. The minimum Gasteiger partial charge on any atom is -0.480 e. The second kappa shape index (κ2) is 6.41. The number of sulfone groups is 1. The van der Waals surface area contributed by atoms with Gasteiger partial charge in [0.05, 0.1) is 9.80 Å². The number of amides is 1. The van der Waals surface area contributed by atoms with Crippen molar-refractivity contribution in [2.24, 2.45) is 5.92 Å². The van der Waals surface area contributed by atoms with E-state index in [9.17, 15) is 18.0 Å². The fourth-order valence-corrected chi connectivity index (χ4v) is 3.65. The number of hydrogen-bond acceptors (Lipinski definition) is 5. The number of hydrogen-bond donors (Lipinski definition) is 2. The van der Waals surface area contributed by atoms with Crippen molar-refractivity contribution in [3.8, 4) is 0 Å². The van der Waals surface area contributed by atoms with Gasteiger partial charge in [-0.15, -0.1) is 0 Å². The third-order valence-corrected chi connectivity index (χ3v) is 5.30. The van der Waals surface area contributed by atoms with Crippen LogP contribution in [0, 0.1) is 5.92 Å². The van der Waals surface area contributed by atoms with Gasteiger partial charge in [0.15, 0.2) is 0 Å². The maximum Gasteiger partial charge on any atom is 0.408 e. The first kappa shape index (κ1) is 17.0. The van der Waals surface area contributed by atoms with Gasteiger partial charge >= 0.3 is 12.1 Å². The number of carbonyl (C=O) groups excluding carboxylic acids is 1. The largest absolute Gasteiger partial charge is 0.480 e. The molecule has 0 saturated carbocycles. The Labute approximate surface area is 133 Å². The fraction of sp³-hybridized carbons (Fsp3) is 0.333. The van der Waals surface area contributed by atoms with Gasteiger partial charge in [-0.05, 0) is 23.6 Å². The van der Waals surface area contributed by atoms with Crippen molar-refractivity contribution in [1.29, 1.82) is 0 Å². The lowest BCUT2D eigenvalue weighted by atomic mass is 10.1. The molecule has 1 aromatic carbocycles. The standard InChI is InChI=1S/C15H17NO6S/c1-9(2)13(14(17)18)16-15(19)22-8-11-7-10-5-3-4-6-12(10)23(11,20)21/h3-7,9,13H,8H2,1-2H3,(H,16,19)(H,17,18)/t13-/m0/s1. The number of aliphatic carboxylic acids is 1. The number of alkyl carbamates (subject to hydrolysis) is 1. The summed E-state index contributed by atoms with van der Waals surface area (Å²) in [6.07, 6.45) is 0.466. The first-order valence-corrected chi connectivity index (χ1v) is 8.42. The molecule has 0 fully saturated rings. The Bertz CT molecular complexity index is 766. The van der Waals surface area contributed by atoms with Crippen LogP contribution in [0.25, 0.3) is 6.08 Å². The molecule has 1 atom stereocenters. The van der Waals surface area contributed by atoms with Crippen molar-refractivity contribution in [1.82, 2.24) is 5.32 Å². The zero-order chi connectivity index (χ0) is 17.2. The number of carbonyl (C=O) groups is 2. The molecular weight excluding hydrogens is 322 g/mol. The number of fused-ring (bicyclic) bond motifs is 1. The van der Waals surface area contributed by atoms with Gasteiger partial charge in [0, 0.05) is 0 Å². The van der Waals surface area contributed by atoms with Crippen LogP contribution in [0.4, 0.5) is 4.79 Å². The first-order valence-electron chi connectivity index (χ1n) is 6.94. The van der Waals surface area contributed by atoms with Gasteiger partial charge in [-0.2, -0.15) is 0 Å². The average Bonchev–Trinajstić information content (AvgIpc) is 2.73. The van der Waals surface area contributed by atoms with Gasteiger partial charge in [0.2, 0.25) is 9.84 Å². The summed E-state index contributed by atoms with van der Waals surface area (Å²) in [5, 5.41) is 11.2. The lowest BCUT2D eigenvalue weighted by molar-refractivity contribution is -0.140. The number of nitrogens with one attached hydrogen (secondary N) is 1. The Hall–Kier alpha value is -2.35. The van der Waals surface area contributed by atoms with Gasteiger partial charge in [-0.1, -0.05) is 32.0 Å². The summed E-state index contributed by atoms with van der Waals surface area (Å²) in [4.78, 5) is 22.8. The van der Waals surface area contributed by atoms with Crippen LogP contribution >= 0.6 is 0 Å². The number of ether oxygens (including phenoxy) is 1. The summed E-state index contributed by atoms with van der Waals surface area (Å²) in [5.41, 5.74) is 0.539. The van der Waals surface area contributed by atoms with Crippen LogP contribution in [0.3, 0.4) is 0 Å². The van der Waals surface area contributed by atoms with Gasteiger partial charge in [0.1, 0.15) is 12.6 Å².